The fourth-order valence-corrected chi connectivity index (χ4v) is 3.82. The number of carbonyl (C=O) groups excluding carboxylic acids is 2. The van der Waals surface area contributed by atoms with Crippen molar-refractivity contribution >= 4 is 28.3 Å². The lowest BCUT2D eigenvalue weighted by Gasteiger charge is -2.20. The normalized spacial score (nSPS) is 15.6. The van der Waals surface area contributed by atoms with Gasteiger partial charge < -0.3 is 15.0 Å². The van der Waals surface area contributed by atoms with Gasteiger partial charge in [0.25, 0.3) is 5.91 Å². The van der Waals surface area contributed by atoms with E-state index in [9.17, 15) is 9.59 Å². The van der Waals surface area contributed by atoms with Crippen molar-refractivity contribution < 1.29 is 14.3 Å². The quantitative estimate of drug-likeness (QED) is 0.740. The maximum Gasteiger partial charge on any atom is 0.254 e. The molecule has 1 atom stereocenters. The Labute approximate surface area is 163 Å². The molecule has 5 nitrogen and oxygen atoms in total. The number of hydrogen-bond acceptors (Lipinski definition) is 3. The Morgan fingerprint density at radius 1 is 1.07 bits per heavy atom. The molecule has 1 aliphatic heterocycles. The number of benzene rings is 3. The highest BCUT2D eigenvalue weighted by Gasteiger charge is 2.38. The molecule has 28 heavy (non-hydrogen) atoms. The molecule has 142 valence electrons. The zero-order valence-electron chi connectivity index (χ0n) is 15.9. The maximum atomic E-state index is 13.0. The van der Waals surface area contributed by atoms with Crippen molar-refractivity contribution in [1.29, 1.82) is 0 Å². The molecule has 0 fully saturated rings. The standard InChI is InChI=1S/C23H22N2O3/c1-15-7-5-11-19-21(24-16(2)26)23(27)25(22(15)19)13-14-28-20-12-6-9-17-8-3-4-10-18(17)20/h3-12,21H,13-14H2,1-2H3,(H,24,26)/t21-/m0/s1. The molecule has 2 amide bonds. The van der Waals surface area contributed by atoms with Crippen molar-refractivity contribution in [3.05, 3.63) is 71.8 Å². The molecular weight excluding hydrogens is 352 g/mol. The lowest BCUT2D eigenvalue weighted by atomic mass is 10.1. The first kappa shape index (κ1) is 18.0. The van der Waals surface area contributed by atoms with Crippen molar-refractivity contribution in [2.75, 3.05) is 18.1 Å². The minimum Gasteiger partial charge on any atom is -0.491 e. The number of fused-ring (bicyclic) bond motifs is 2. The molecule has 1 heterocycles. The number of carbonyl (C=O) groups is 2. The Bertz CT molecular complexity index is 1060. The number of para-hydroxylation sites is 1. The molecule has 4 rings (SSSR count). The first-order valence-corrected chi connectivity index (χ1v) is 9.35. The molecule has 0 unspecified atom stereocenters. The van der Waals surface area contributed by atoms with Crippen molar-refractivity contribution in [3.63, 3.8) is 0 Å². The first-order valence-electron chi connectivity index (χ1n) is 9.35. The van der Waals surface area contributed by atoms with Crippen LogP contribution in [0.15, 0.2) is 60.7 Å². The summed E-state index contributed by atoms with van der Waals surface area (Å²) in [6, 6.07) is 19.1. The van der Waals surface area contributed by atoms with Crippen LogP contribution in [-0.2, 0) is 9.59 Å². The lowest BCUT2D eigenvalue weighted by Crippen LogP contribution is -2.38. The summed E-state index contributed by atoms with van der Waals surface area (Å²) in [7, 11) is 0. The van der Waals surface area contributed by atoms with E-state index in [0.29, 0.717) is 13.2 Å². The van der Waals surface area contributed by atoms with Gasteiger partial charge in [-0.05, 0) is 23.9 Å². The third-order valence-electron chi connectivity index (χ3n) is 5.03. The number of nitrogens with one attached hydrogen (secondary N) is 1. The van der Waals surface area contributed by atoms with Gasteiger partial charge in [-0.1, -0.05) is 54.6 Å². The number of aryl methyl sites for hydroxylation is 1. The third-order valence-corrected chi connectivity index (χ3v) is 5.03. The van der Waals surface area contributed by atoms with Crippen LogP contribution in [0.2, 0.25) is 0 Å². The van der Waals surface area contributed by atoms with Crippen molar-refractivity contribution in [1.82, 2.24) is 5.32 Å². The summed E-state index contributed by atoms with van der Waals surface area (Å²) in [5.74, 6) is 0.453. The Morgan fingerprint density at radius 2 is 1.82 bits per heavy atom. The predicted octanol–water partition coefficient (Wildman–Crippen LogP) is 3.75. The molecule has 0 bridgehead atoms. The molecule has 3 aromatic rings. The molecule has 1 aliphatic rings. The second kappa shape index (κ2) is 7.35. The predicted molar refractivity (Wildman–Crippen MR) is 110 cm³/mol. The van der Waals surface area contributed by atoms with Gasteiger partial charge in [0.1, 0.15) is 18.4 Å². The molecule has 3 aromatic carbocycles. The van der Waals surface area contributed by atoms with Gasteiger partial charge in [0.05, 0.1) is 12.2 Å². The van der Waals surface area contributed by atoms with E-state index in [1.807, 2.05) is 67.6 Å². The lowest BCUT2D eigenvalue weighted by molar-refractivity contribution is -0.126. The number of ether oxygens (including phenoxy) is 1. The Balaban J connectivity index is 1.55. The average Bonchev–Trinajstić information content (AvgIpc) is 2.95. The van der Waals surface area contributed by atoms with E-state index in [1.54, 1.807) is 4.90 Å². The molecule has 0 spiro atoms. The second-order valence-corrected chi connectivity index (χ2v) is 6.96. The number of nitrogens with zero attached hydrogens (tertiary/aromatic N) is 1. The summed E-state index contributed by atoms with van der Waals surface area (Å²) in [5.41, 5.74) is 2.71. The zero-order valence-corrected chi connectivity index (χ0v) is 15.9. The summed E-state index contributed by atoms with van der Waals surface area (Å²) in [5, 5.41) is 4.93. The van der Waals surface area contributed by atoms with Gasteiger partial charge in [0.2, 0.25) is 5.91 Å². The van der Waals surface area contributed by atoms with E-state index in [-0.39, 0.29) is 11.8 Å². The average molecular weight is 374 g/mol. The number of amides is 2. The third kappa shape index (κ3) is 3.20. The van der Waals surface area contributed by atoms with Crippen LogP contribution in [0, 0.1) is 6.92 Å². The molecule has 0 aliphatic carbocycles. The minimum atomic E-state index is -0.634. The van der Waals surface area contributed by atoms with Gasteiger partial charge in [-0.2, -0.15) is 0 Å². The molecule has 1 N–H and O–H groups in total. The zero-order chi connectivity index (χ0) is 19.7. The van der Waals surface area contributed by atoms with E-state index in [2.05, 4.69) is 5.32 Å². The smallest absolute Gasteiger partial charge is 0.254 e. The highest BCUT2D eigenvalue weighted by Crippen LogP contribution is 2.38. The van der Waals surface area contributed by atoms with E-state index in [1.165, 1.54) is 6.92 Å². The van der Waals surface area contributed by atoms with Gasteiger partial charge in [-0.15, -0.1) is 0 Å². The van der Waals surface area contributed by atoms with Crippen LogP contribution in [0.25, 0.3) is 10.8 Å². The summed E-state index contributed by atoms with van der Waals surface area (Å²) in [4.78, 5) is 26.2. The minimum absolute atomic E-state index is 0.124. The molecule has 0 saturated heterocycles. The van der Waals surface area contributed by atoms with Crippen LogP contribution in [0.5, 0.6) is 5.75 Å². The van der Waals surface area contributed by atoms with E-state index in [4.69, 9.17) is 4.74 Å². The molecule has 0 radical (unpaired) electrons. The highest BCUT2D eigenvalue weighted by atomic mass is 16.5. The number of hydrogen-bond donors (Lipinski definition) is 1. The van der Waals surface area contributed by atoms with E-state index >= 15 is 0 Å². The Morgan fingerprint density at radius 3 is 2.64 bits per heavy atom. The largest absolute Gasteiger partial charge is 0.491 e. The van der Waals surface area contributed by atoms with Crippen LogP contribution in [0.1, 0.15) is 24.1 Å². The van der Waals surface area contributed by atoms with Crippen molar-refractivity contribution in [3.8, 4) is 5.75 Å². The second-order valence-electron chi connectivity index (χ2n) is 6.96. The summed E-state index contributed by atoms with van der Waals surface area (Å²) >= 11 is 0. The van der Waals surface area contributed by atoms with Crippen molar-refractivity contribution in [2.24, 2.45) is 0 Å². The SMILES string of the molecule is CC(=O)N[C@@H]1C(=O)N(CCOc2cccc3ccccc23)c2c(C)cccc21. The van der Waals surface area contributed by atoms with Gasteiger partial charge in [-0.25, -0.2) is 0 Å². The molecular formula is C23H22N2O3. The van der Waals surface area contributed by atoms with E-state index < -0.39 is 6.04 Å². The molecule has 0 aromatic heterocycles. The van der Waals surface area contributed by atoms with Crippen LogP contribution in [-0.4, -0.2) is 25.0 Å². The monoisotopic (exact) mass is 374 g/mol. The van der Waals surface area contributed by atoms with Crippen molar-refractivity contribution in [2.45, 2.75) is 19.9 Å². The topological polar surface area (TPSA) is 58.6 Å². The number of rotatable bonds is 5. The van der Waals surface area contributed by atoms with Crippen LogP contribution in [0.3, 0.4) is 0 Å². The molecule has 5 heteroatoms. The van der Waals surface area contributed by atoms with Gasteiger partial charge in [0, 0.05) is 17.9 Å². The summed E-state index contributed by atoms with van der Waals surface area (Å²) in [6.45, 7) is 4.17. The maximum absolute atomic E-state index is 13.0. The number of anilines is 1. The molecule has 0 saturated carbocycles. The van der Waals surface area contributed by atoms with Gasteiger partial charge in [-0.3, -0.25) is 9.59 Å². The fraction of sp³-hybridized carbons (Fsp3) is 0.217. The van der Waals surface area contributed by atoms with Crippen LogP contribution >= 0.6 is 0 Å². The fourth-order valence-electron chi connectivity index (χ4n) is 3.82. The van der Waals surface area contributed by atoms with Crippen LogP contribution in [0.4, 0.5) is 5.69 Å². The highest BCUT2D eigenvalue weighted by molar-refractivity contribution is 6.06. The Kier molecular flexibility index (Phi) is 4.74. The summed E-state index contributed by atoms with van der Waals surface area (Å²) in [6.07, 6.45) is 0. The van der Waals surface area contributed by atoms with E-state index in [0.717, 1.165) is 33.3 Å². The van der Waals surface area contributed by atoms with Gasteiger partial charge in [0.15, 0.2) is 0 Å². The summed E-state index contributed by atoms with van der Waals surface area (Å²) < 4.78 is 6.02. The van der Waals surface area contributed by atoms with Crippen LogP contribution < -0.4 is 15.0 Å². The van der Waals surface area contributed by atoms with Gasteiger partial charge >= 0.3 is 0 Å². The Hall–Kier alpha value is -3.34. The first-order chi connectivity index (χ1) is 13.6.